The fraction of sp³-hybridized carbons (Fsp3) is 0.235. The van der Waals surface area contributed by atoms with Gasteiger partial charge in [0, 0.05) is 30.9 Å². The van der Waals surface area contributed by atoms with Crippen LogP contribution in [0.5, 0.6) is 0 Å². The quantitative estimate of drug-likeness (QED) is 0.783. The first-order chi connectivity index (χ1) is 11.0. The van der Waals surface area contributed by atoms with Crippen LogP contribution in [0.2, 0.25) is 0 Å². The van der Waals surface area contributed by atoms with Crippen LogP contribution in [0.15, 0.2) is 53.7 Å². The minimum atomic E-state index is -3.60. The van der Waals surface area contributed by atoms with Gasteiger partial charge in [-0.3, -0.25) is 0 Å². The second-order valence-corrected chi connectivity index (χ2v) is 7.20. The van der Waals surface area contributed by atoms with Gasteiger partial charge in [-0.2, -0.15) is 0 Å². The molecule has 0 fully saturated rings. The molecular weight excluding hydrogens is 310 g/mol. The molecule has 0 spiro atoms. The summed E-state index contributed by atoms with van der Waals surface area (Å²) < 4.78 is 29.8. The molecule has 3 rings (SSSR count). The average Bonchev–Trinajstić information content (AvgIpc) is 2.94. The average molecular weight is 329 g/mol. The zero-order valence-corrected chi connectivity index (χ0v) is 14.0. The number of sulfonamides is 1. The van der Waals surface area contributed by atoms with E-state index in [4.69, 9.17) is 0 Å². The molecule has 120 valence electrons. The monoisotopic (exact) mass is 329 g/mol. The summed E-state index contributed by atoms with van der Waals surface area (Å²) in [5, 5.41) is 0.644. The Bertz CT molecular complexity index is 928. The Hall–Kier alpha value is -2.18. The number of nitrogens with one attached hydrogen (secondary N) is 1. The first-order valence-electron chi connectivity index (χ1n) is 7.50. The molecule has 5 nitrogen and oxygen atoms in total. The molecule has 0 saturated heterocycles. The standard InChI is InChI=1S/C17H19N3O2S/c1-3-20-12-16(15-5-4-10-18-17(15)20)23(21,22)19-11-14-8-6-13(2)7-9-14/h4-10,12,19H,3,11H2,1-2H3. The minimum Gasteiger partial charge on any atom is -0.331 e. The van der Waals surface area contributed by atoms with Crippen LogP contribution in [0.25, 0.3) is 11.0 Å². The minimum absolute atomic E-state index is 0.266. The predicted octanol–water partition coefficient (Wildman–Crippen LogP) is 2.84. The fourth-order valence-corrected chi connectivity index (χ4v) is 3.73. The Kier molecular flexibility index (Phi) is 4.19. The molecule has 0 aliphatic carbocycles. The van der Waals surface area contributed by atoms with Crippen LogP contribution in [0.4, 0.5) is 0 Å². The van der Waals surface area contributed by atoms with Gasteiger partial charge in [0.1, 0.15) is 10.5 Å². The highest BCUT2D eigenvalue weighted by Gasteiger charge is 2.20. The van der Waals surface area contributed by atoms with Crippen molar-refractivity contribution in [2.75, 3.05) is 0 Å². The van der Waals surface area contributed by atoms with Gasteiger partial charge in [0.2, 0.25) is 10.0 Å². The van der Waals surface area contributed by atoms with E-state index in [0.717, 1.165) is 11.1 Å². The highest BCUT2D eigenvalue weighted by Crippen LogP contribution is 2.23. The van der Waals surface area contributed by atoms with Crippen LogP contribution >= 0.6 is 0 Å². The van der Waals surface area contributed by atoms with E-state index >= 15 is 0 Å². The summed E-state index contributed by atoms with van der Waals surface area (Å²) in [4.78, 5) is 4.56. The maximum absolute atomic E-state index is 12.7. The van der Waals surface area contributed by atoms with Crippen LogP contribution in [-0.4, -0.2) is 18.0 Å². The summed E-state index contributed by atoms with van der Waals surface area (Å²) >= 11 is 0. The molecular formula is C17H19N3O2S. The van der Waals surface area contributed by atoms with Crippen LogP contribution in [-0.2, 0) is 23.1 Å². The van der Waals surface area contributed by atoms with Crippen LogP contribution in [0.1, 0.15) is 18.1 Å². The number of pyridine rings is 1. The molecule has 1 N–H and O–H groups in total. The lowest BCUT2D eigenvalue weighted by Gasteiger charge is -2.06. The maximum atomic E-state index is 12.7. The third kappa shape index (κ3) is 3.13. The summed E-state index contributed by atoms with van der Waals surface area (Å²) in [6.07, 6.45) is 3.32. The van der Waals surface area contributed by atoms with Gasteiger partial charge in [-0.25, -0.2) is 18.1 Å². The van der Waals surface area contributed by atoms with Crippen molar-refractivity contribution >= 4 is 21.1 Å². The Labute approximate surface area is 136 Å². The number of aromatic nitrogens is 2. The first-order valence-corrected chi connectivity index (χ1v) is 8.98. The molecule has 2 aromatic heterocycles. The van der Waals surface area contributed by atoms with E-state index in [1.54, 1.807) is 24.5 Å². The molecule has 1 aromatic carbocycles. The van der Waals surface area contributed by atoms with Crippen molar-refractivity contribution in [2.45, 2.75) is 31.8 Å². The Morgan fingerprint density at radius 2 is 1.91 bits per heavy atom. The second-order valence-electron chi connectivity index (χ2n) is 5.46. The molecule has 0 bridgehead atoms. The lowest BCUT2D eigenvalue weighted by Crippen LogP contribution is -2.23. The number of benzene rings is 1. The van der Waals surface area contributed by atoms with Gasteiger partial charge < -0.3 is 4.57 Å². The van der Waals surface area contributed by atoms with Crippen molar-refractivity contribution in [1.29, 1.82) is 0 Å². The normalized spacial score (nSPS) is 11.9. The highest BCUT2D eigenvalue weighted by molar-refractivity contribution is 7.89. The van der Waals surface area contributed by atoms with Crippen LogP contribution in [0.3, 0.4) is 0 Å². The molecule has 0 saturated carbocycles. The molecule has 3 aromatic rings. The number of hydrogen-bond acceptors (Lipinski definition) is 3. The largest absolute Gasteiger partial charge is 0.331 e. The van der Waals surface area contributed by atoms with Gasteiger partial charge in [-0.15, -0.1) is 0 Å². The number of rotatable bonds is 5. The molecule has 23 heavy (non-hydrogen) atoms. The third-order valence-corrected chi connectivity index (χ3v) is 5.24. The predicted molar refractivity (Wildman–Crippen MR) is 90.6 cm³/mol. The van der Waals surface area contributed by atoms with E-state index in [9.17, 15) is 8.42 Å². The third-order valence-electron chi connectivity index (χ3n) is 3.81. The zero-order valence-electron chi connectivity index (χ0n) is 13.2. The molecule has 6 heteroatoms. The summed E-state index contributed by atoms with van der Waals surface area (Å²) in [5.41, 5.74) is 2.76. The number of fused-ring (bicyclic) bond motifs is 1. The number of nitrogens with zero attached hydrogens (tertiary/aromatic N) is 2. The van der Waals surface area contributed by atoms with Gasteiger partial charge in [0.25, 0.3) is 0 Å². The van der Waals surface area contributed by atoms with Crippen molar-refractivity contribution in [2.24, 2.45) is 0 Å². The molecule has 2 heterocycles. The second kappa shape index (κ2) is 6.14. The maximum Gasteiger partial charge on any atom is 0.243 e. The van der Waals surface area contributed by atoms with E-state index in [-0.39, 0.29) is 11.4 Å². The van der Waals surface area contributed by atoms with Gasteiger partial charge in [0.05, 0.1) is 0 Å². The topological polar surface area (TPSA) is 64.0 Å². The SMILES string of the molecule is CCn1cc(S(=O)(=O)NCc2ccc(C)cc2)c2cccnc21. The van der Waals surface area contributed by atoms with E-state index < -0.39 is 10.0 Å². The summed E-state index contributed by atoms with van der Waals surface area (Å²) in [6.45, 7) is 4.90. The molecule has 0 radical (unpaired) electrons. The summed E-state index contributed by atoms with van der Waals surface area (Å²) in [5.74, 6) is 0. The Morgan fingerprint density at radius 3 is 2.61 bits per heavy atom. The molecule has 0 amide bonds. The zero-order chi connectivity index (χ0) is 16.4. The van der Waals surface area contributed by atoms with Crippen molar-refractivity contribution < 1.29 is 8.42 Å². The molecule has 0 aliphatic rings. The van der Waals surface area contributed by atoms with E-state index in [1.165, 1.54) is 0 Å². The van der Waals surface area contributed by atoms with Gasteiger partial charge >= 0.3 is 0 Å². The Morgan fingerprint density at radius 1 is 1.17 bits per heavy atom. The summed E-state index contributed by atoms with van der Waals surface area (Å²) in [6, 6.07) is 11.3. The number of aryl methyl sites for hydroxylation is 2. The van der Waals surface area contributed by atoms with Crippen molar-refractivity contribution in [3.05, 3.63) is 59.9 Å². The molecule has 0 aliphatic heterocycles. The molecule has 0 unspecified atom stereocenters. The van der Waals surface area contributed by atoms with E-state index in [0.29, 0.717) is 17.6 Å². The van der Waals surface area contributed by atoms with Crippen LogP contribution in [0, 0.1) is 6.92 Å². The fourth-order valence-electron chi connectivity index (χ4n) is 2.51. The lowest BCUT2D eigenvalue weighted by atomic mass is 10.2. The summed E-state index contributed by atoms with van der Waals surface area (Å²) in [7, 11) is -3.60. The first kappa shape index (κ1) is 15.7. The van der Waals surface area contributed by atoms with Crippen LogP contribution < -0.4 is 4.72 Å². The van der Waals surface area contributed by atoms with Gasteiger partial charge in [0.15, 0.2) is 0 Å². The van der Waals surface area contributed by atoms with E-state index in [2.05, 4.69) is 9.71 Å². The van der Waals surface area contributed by atoms with Crippen molar-refractivity contribution in [1.82, 2.24) is 14.3 Å². The molecule has 0 atom stereocenters. The smallest absolute Gasteiger partial charge is 0.243 e. The van der Waals surface area contributed by atoms with Crippen molar-refractivity contribution in [3.8, 4) is 0 Å². The highest BCUT2D eigenvalue weighted by atomic mass is 32.2. The van der Waals surface area contributed by atoms with Crippen molar-refractivity contribution in [3.63, 3.8) is 0 Å². The Balaban J connectivity index is 1.92. The lowest BCUT2D eigenvalue weighted by molar-refractivity contribution is 0.581. The number of hydrogen-bond donors (Lipinski definition) is 1. The van der Waals surface area contributed by atoms with E-state index in [1.807, 2.05) is 42.7 Å². The van der Waals surface area contributed by atoms with Gasteiger partial charge in [-0.05, 0) is 31.5 Å². The van der Waals surface area contributed by atoms with Gasteiger partial charge in [-0.1, -0.05) is 29.8 Å².